The summed E-state index contributed by atoms with van der Waals surface area (Å²) >= 11 is 0. The van der Waals surface area contributed by atoms with Crippen LogP contribution in [0.5, 0.6) is 5.75 Å². The molecule has 2 aromatic carbocycles. The Morgan fingerprint density at radius 2 is 1.44 bits per heavy atom. The third-order valence-electron chi connectivity index (χ3n) is 6.71. The molecule has 2 aliphatic heterocycles. The van der Waals surface area contributed by atoms with Crippen molar-refractivity contribution in [3.8, 4) is 5.75 Å². The molecule has 4 rings (SSSR count). The topological polar surface area (TPSA) is 211 Å². The van der Waals surface area contributed by atoms with Gasteiger partial charge in [-0.2, -0.15) is 0 Å². The van der Waals surface area contributed by atoms with Crippen molar-refractivity contribution in [3.63, 3.8) is 0 Å². The molecule has 0 bridgehead atoms. The van der Waals surface area contributed by atoms with Gasteiger partial charge in [0.05, 0.1) is 25.9 Å². The predicted molar refractivity (Wildman–Crippen MR) is 134 cm³/mol. The van der Waals surface area contributed by atoms with Crippen LogP contribution in [0, 0.1) is 0 Å². The SMILES string of the molecule is COc1ccc(CO[C@@H]2O[C@H](CO[C@@H]3O[C@H](C(=O)O)[C@@H](O)[C@H](O)[C@H]3O)[C@@H](O)[C@H](OC(=O)c3ccccc3)[C@H]2O)cc1. The van der Waals surface area contributed by atoms with Gasteiger partial charge in [-0.15, -0.1) is 0 Å². The second-order valence-electron chi connectivity index (χ2n) is 9.49. The first-order chi connectivity index (χ1) is 19.6. The average molecular weight is 581 g/mol. The molecule has 14 nitrogen and oxygen atoms in total. The van der Waals surface area contributed by atoms with E-state index in [0.717, 1.165) is 0 Å². The highest BCUT2D eigenvalue weighted by atomic mass is 16.7. The number of carboxylic acid groups (broad SMARTS) is 1. The van der Waals surface area contributed by atoms with Gasteiger partial charge in [-0.3, -0.25) is 0 Å². The van der Waals surface area contributed by atoms with Gasteiger partial charge in [0.15, 0.2) is 24.8 Å². The average Bonchev–Trinajstić information content (AvgIpc) is 2.98. The van der Waals surface area contributed by atoms with Crippen LogP contribution in [0.15, 0.2) is 54.6 Å². The van der Waals surface area contributed by atoms with E-state index in [9.17, 15) is 40.2 Å². The molecule has 2 saturated heterocycles. The van der Waals surface area contributed by atoms with Gasteiger partial charge < -0.3 is 59.1 Å². The molecule has 0 unspecified atom stereocenters. The van der Waals surface area contributed by atoms with Gasteiger partial charge in [-0.1, -0.05) is 30.3 Å². The number of aliphatic hydroxyl groups excluding tert-OH is 5. The lowest BCUT2D eigenvalue weighted by Gasteiger charge is -2.43. The number of benzene rings is 2. The van der Waals surface area contributed by atoms with Gasteiger partial charge in [-0.05, 0) is 29.8 Å². The van der Waals surface area contributed by atoms with Crippen LogP contribution < -0.4 is 4.74 Å². The van der Waals surface area contributed by atoms with Crippen molar-refractivity contribution in [2.24, 2.45) is 0 Å². The van der Waals surface area contributed by atoms with E-state index in [2.05, 4.69) is 0 Å². The molecule has 0 spiro atoms. The van der Waals surface area contributed by atoms with Crippen molar-refractivity contribution in [3.05, 3.63) is 65.7 Å². The Hall–Kier alpha value is -3.18. The molecule has 2 aromatic rings. The standard InChI is InChI=1S/C27H32O14/c1-36-15-9-7-13(8-10-15)11-37-27-21(32)22(40-25(35)14-5-3-2-4-6-14)17(28)16(39-27)12-38-26-20(31)18(29)19(30)23(41-26)24(33)34/h2-10,16-23,26-32H,11-12H2,1H3,(H,33,34)/t16-,17-,18+,19+,20-,21-,22+,23+,26-,27-/m1/s1. The highest BCUT2D eigenvalue weighted by molar-refractivity contribution is 5.89. The Morgan fingerprint density at radius 1 is 0.780 bits per heavy atom. The first-order valence-electron chi connectivity index (χ1n) is 12.7. The van der Waals surface area contributed by atoms with Crippen molar-refractivity contribution in [1.29, 1.82) is 0 Å². The summed E-state index contributed by atoms with van der Waals surface area (Å²) in [5.74, 6) is -1.82. The van der Waals surface area contributed by atoms with Gasteiger partial charge in [0, 0.05) is 0 Å². The minimum absolute atomic E-state index is 0.0520. The Balaban J connectivity index is 1.49. The second kappa shape index (κ2) is 13.7. The zero-order valence-electron chi connectivity index (χ0n) is 21.8. The van der Waals surface area contributed by atoms with Crippen molar-refractivity contribution >= 4 is 11.9 Å². The summed E-state index contributed by atoms with van der Waals surface area (Å²) in [7, 11) is 1.52. The summed E-state index contributed by atoms with van der Waals surface area (Å²) < 4.78 is 32.5. The molecular weight excluding hydrogens is 548 g/mol. The normalized spacial score (nSPS) is 33.6. The number of carbonyl (C=O) groups excluding carboxylic acids is 1. The van der Waals surface area contributed by atoms with Crippen LogP contribution in [0.25, 0.3) is 0 Å². The van der Waals surface area contributed by atoms with E-state index < -0.39 is 80.0 Å². The lowest BCUT2D eigenvalue weighted by atomic mass is 9.98. The fraction of sp³-hybridized carbons (Fsp3) is 0.481. The molecule has 0 aromatic heterocycles. The highest BCUT2D eigenvalue weighted by Crippen LogP contribution is 2.28. The van der Waals surface area contributed by atoms with Crippen molar-refractivity contribution in [1.82, 2.24) is 0 Å². The van der Waals surface area contributed by atoms with E-state index in [1.165, 1.54) is 19.2 Å². The number of esters is 1. The number of carbonyl (C=O) groups is 2. The number of methoxy groups -OCH3 is 1. The zero-order valence-corrected chi connectivity index (χ0v) is 21.8. The number of carboxylic acids is 1. The van der Waals surface area contributed by atoms with E-state index in [0.29, 0.717) is 11.3 Å². The predicted octanol–water partition coefficient (Wildman–Crippen LogP) is -1.21. The van der Waals surface area contributed by atoms with Gasteiger partial charge in [0.2, 0.25) is 0 Å². The van der Waals surface area contributed by atoms with Crippen LogP contribution in [-0.4, -0.2) is 118 Å². The first-order valence-corrected chi connectivity index (χ1v) is 12.7. The summed E-state index contributed by atoms with van der Waals surface area (Å²) in [4.78, 5) is 24.1. The maximum atomic E-state index is 12.7. The number of rotatable bonds is 10. The van der Waals surface area contributed by atoms with Crippen LogP contribution in [0.4, 0.5) is 0 Å². The quantitative estimate of drug-likeness (QED) is 0.182. The van der Waals surface area contributed by atoms with E-state index in [4.69, 9.17) is 28.4 Å². The summed E-state index contributed by atoms with van der Waals surface area (Å²) in [6.45, 7) is -0.643. The van der Waals surface area contributed by atoms with Gasteiger partial charge in [0.25, 0.3) is 0 Å². The Labute approximate surface area is 234 Å². The third-order valence-corrected chi connectivity index (χ3v) is 6.71. The zero-order chi connectivity index (χ0) is 29.7. The smallest absolute Gasteiger partial charge is 0.338 e. The molecule has 0 amide bonds. The minimum atomic E-state index is -1.92. The summed E-state index contributed by atoms with van der Waals surface area (Å²) in [6.07, 6.45) is -17.0. The number of aliphatic carboxylic acids is 1. The largest absolute Gasteiger partial charge is 0.497 e. The van der Waals surface area contributed by atoms with Crippen LogP contribution in [0.3, 0.4) is 0 Å². The first kappa shape index (κ1) is 30.8. The summed E-state index contributed by atoms with van der Waals surface area (Å²) in [6, 6.07) is 14.7. The Morgan fingerprint density at radius 3 is 2.07 bits per heavy atom. The molecule has 0 aliphatic carbocycles. The van der Waals surface area contributed by atoms with E-state index in [1.54, 1.807) is 42.5 Å². The van der Waals surface area contributed by atoms with Crippen molar-refractivity contribution in [2.75, 3.05) is 13.7 Å². The third kappa shape index (κ3) is 7.19. The lowest BCUT2D eigenvalue weighted by Crippen LogP contribution is -2.62. The summed E-state index contributed by atoms with van der Waals surface area (Å²) in [5.41, 5.74) is 0.845. The molecule has 41 heavy (non-hydrogen) atoms. The van der Waals surface area contributed by atoms with Gasteiger partial charge in [-0.25, -0.2) is 9.59 Å². The molecule has 10 atom stereocenters. The number of aliphatic hydroxyl groups is 5. The monoisotopic (exact) mass is 580 g/mol. The van der Waals surface area contributed by atoms with Crippen LogP contribution in [-0.2, 0) is 35.1 Å². The maximum absolute atomic E-state index is 12.7. The van der Waals surface area contributed by atoms with Crippen molar-refractivity contribution in [2.45, 2.75) is 68.0 Å². The molecule has 14 heteroatoms. The van der Waals surface area contributed by atoms with Crippen molar-refractivity contribution < 1.29 is 68.6 Å². The molecule has 224 valence electrons. The number of hydrogen-bond donors (Lipinski definition) is 6. The second-order valence-corrected chi connectivity index (χ2v) is 9.49. The van der Waals surface area contributed by atoms with Gasteiger partial charge in [0.1, 0.15) is 42.4 Å². The molecule has 0 saturated carbocycles. The Bertz CT molecular complexity index is 1140. The molecule has 2 aliphatic rings. The maximum Gasteiger partial charge on any atom is 0.338 e. The van der Waals surface area contributed by atoms with Gasteiger partial charge >= 0.3 is 11.9 Å². The lowest BCUT2D eigenvalue weighted by molar-refractivity contribution is -0.328. The fourth-order valence-corrected chi connectivity index (χ4v) is 4.36. The minimum Gasteiger partial charge on any atom is -0.497 e. The van der Waals surface area contributed by atoms with Crippen LogP contribution in [0.2, 0.25) is 0 Å². The molecule has 2 fully saturated rings. The fourth-order valence-electron chi connectivity index (χ4n) is 4.36. The Kier molecular flexibility index (Phi) is 10.2. The van der Waals surface area contributed by atoms with Crippen LogP contribution in [0.1, 0.15) is 15.9 Å². The number of ether oxygens (including phenoxy) is 6. The van der Waals surface area contributed by atoms with E-state index in [-0.39, 0.29) is 12.2 Å². The summed E-state index contributed by atoms with van der Waals surface area (Å²) in [5, 5.41) is 61.4. The molecule has 2 heterocycles. The molecule has 0 radical (unpaired) electrons. The van der Waals surface area contributed by atoms with Crippen LogP contribution >= 0.6 is 0 Å². The highest BCUT2D eigenvalue weighted by Gasteiger charge is 2.50. The van der Waals surface area contributed by atoms with E-state index >= 15 is 0 Å². The molecule has 6 N–H and O–H groups in total. The van der Waals surface area contributed by atoms with E-state index in [1.807, 2.05) is 0 Å². The number of hydrogen-bond acceptors (Lipinski definition) is 13. The molecular formula is C27H32O14.